The van der Waals surface area contributed by atoms with Crippen molar-refractivity contribution in [2.24, 2.45) is 10.2 Å². The van der Waals surface area contributed by atoms with Gasteiger partial charge in [-0.1, -0.05) is 6.07 Å². The Kier molecular flexibility index (Phi) is 5.80. The first kappa shape index (κ1) is 18.5. The molecule has 2 aromatic carbocycles. The van der Waals surface area contributed by atoms with Gasteiger partial charge in [0.1, 0.15) is 12.3 Å². The lowest BCUT2D eigenvalue weighted by Crippen LogP contribution is -2.17. The average Bonchev–Trinajstić information content (AvgIpc) is 2.54. The number of carbonyl (C=O) groups excluding carboxylic acids is 1. The van der Waals surface area contributed by atoms with Crippen molar-refractivity contribution < 1.29 is 22.5 Å². The van der Waals surface area contributed by atoms with Gasteiger partial charge in [-0.25, -0.2) is 0 Å². The van der Waals surface area contributed by atoms with E-state index in [0.29, 0.717) is 17.1 Å². The fourth-order valence-corrected chi connectivity index (χ4v) is 2.40. The second kappa shape index (κ2) is 7.83. The van der Waals surface area contributed by atoms with Crippen LogP contribution in [0.5, 0.6) is 0 Å². The predicted molar refractivity (Wildman–Crippen MR) is 91.8 cm³/mol. The SMILES string of the molecule is COCC(=O)Nc1cc(N)ccc1N=Nc1cccc(S(=O)(=O)O)c1. The number of rotatable bonds is 6. The molecule has 0 heterocycles. The van der Waals surface area contributed by atoms with Crippen molar-refractivity contribution in [1.82, 2.24) is 0 Å². The average molecular weight is 364 g/mol. The number of hydrogen-bond donors (Lipinski definition) is 3. The van der Waals surface area contributed by atoms with E-state index in [1.54, 1.807) is 12.1 Å². The second-order valence-electron chi connectivity index (χ2n) is 4.93. The van der Waals surface area contributed by atoms with Crippen molar-refractivity contribution in [3.63, 3.8) is 0 Å². The second-order valence-corrected chi connectivity index (χ2v) is 6.35. The van der Waals surface area contributed by atoms with Gasteiger partial charge in [0.05, 0.1) is 16.3 Å². The quantitative estimate of drug-likeness (QED) is 0.408. The third-order valence-corrected chi connectivity index (χ3v) is 3.81. The standard InChI is InChI=1S/C15H16N4O5S/c1-24-9-15(20)17-14-7-10(16)5-6-13(14)19-18-11-3-2-4-12(8-11)25(21,22)23/h2-8H,9,16H2,1H3,(H,17,20)(H,21,22,23). The Balaban J connectivity index is 2.31. The van der Waals surface area contributed by atoms with Gasteiger partial charge in [0, 0.05) is 12.8 Å². The van der Waals surface area contributed by atoms with Crippen molar-refractivity contribution in [2.75, 3.05) is 24.8 Å². The highest BCUT2D eigenvalue weighted by atomic mass is 32.2. The van der Waals surface area contributed by atoms with Gasteiger partial charge in [-0.05, 0) is 36.4 Å². The van der Waals surface area contributed by atoms with Crippen molar-refractivity contribution in [1.29, 1.82) is 0 Å². The van der Waals surface area contributed by atoms with Crippen LogP contribution in [0.25, 0.3) is 0 Å². The number of hydrogen-bond acceptors (Lipinski definition) is 7. The maximum Gasteiger partial charge on any atom is 0.294 e. The van der Waals surface area contributed by atoms with E-state index in [-0.39, 0.29) is 17.2 Å². The fourth-order valence-electron chi connectivity index (χ4n) is 1.88. The normalized spacial score (nSPS) is 11.6. The lowest BCUT2D eigenvalue weighted by molar-refractivity contribution is -0.119. The topological polar surface area (TPSA) is 143 Å². The Bertz CT molecular complexity index is 912. The van der Waals surface area contributed by atoms with Crippen LogP contribution in [-0.2, 0) is 19.6 Å². The third kappa shape index (κ3) is 5.35. The van der Waals surface area contributed by atoms with E-state index >= 15 is 0 Å². The summed E-state index contributed by atoms with van der Waals surface area (Å²) in [4.78, 5) is 11.4. The summed E-state index contributed by atoms with van der Waals surface area (Å²) >= 11 is 0. The van der Waals surface area contributed by atoms with Gasteiger partial charge in [0.25, 0.3) is 10.1 Å². The molecule has 0 bridgehead atoms. The smallest absolute Gasteiger partial charge is 0.294 e. The maximum absolute atomic E-state index is 11.7. The summed E-state index contributed by atoms with van der Waals surface area (Å²) < 4.78 is 36.1. The van der Waals surface area contributed by atoms with Gasteiger partial charge < -0.3 is 15.8 Å². The molecule has 0 fully saturated rings. The van der Waals surface area contributed by atoms with Crippen LogP contribution in [0.15, 0.2) is 57.6 Å². The number of methoxy groups -OCH3 is 1. The van der Waals surface area contributed by atoms with Gasteiger partial charge in [-0.15, -0.1) is 5.11 Å². The van der Waals surface area contributed by atoms with E-state index in [4.69, 9.17) is 15.0 Å². The zero-order valence-corrected chi connectivity index (χ0v) is 14.0. The van der Waals surface area contributed by atoms with Crippen LogP contribution in [0, 0.1) is 0 Å². The van der Waals surface area contributed by atoms with E-state index in [1.165, 1.54) is 37.4 Å². The third-order valence-electron chi connectivity index (χ3n) is 2.96. The Hall–Kier alpha value is -2.82. The van der Waals surface area contributed by atoms with Gasteiger partial charge in [0.2, 0.25) is 5.91 Å². The monoisotopic (exact) mass is 364 g/mol. The van der Waals surface area contributed by atoms with Crippen molar-refractivity contribution in [3.8, 4) is 0 Å². The number of ether oxygens (including phenoxy) is 1. The number of carbonyl (C=O) groups is 1. The number of nitrogens with one attached hydrogen (secondary N) is 1. The van der Waals surface area contributed by atoms with Crippen LogP contribution in [0.4, 0.5) is 22.7 Å². The molecule has 25 heavy (non-hydrogen) atoms. The Morgan fingerprint density at radius 1 is 1.24 bits per heavy atom. The summed E-state index contributed by atoms with van der Waals surface area (Å²) in [6.07, 6.45) is 0. The molecule has 132 valence electrons. The summed E-state index contributed by atoms with van der Waals surface area (Å²) in [5, 5.41) is 10.5. The first-order chi connectivity index (χ1) is 11.8. The van der Waals surface area contributed by atoms with Gasteiger partial charge in [0.15, 0.2) is 0 Å². The molecule has 0 aromatic heterocycles. The molecule has 1 amide bonds. The summed E-state index contributed by atoms with van der Waals surface area (Å²) in [6, 6.07) is 9.97. The predicted octanol–water partition coefficient (Wildman–Crippen LogP) is 2.52. The first-order valence-electron chi connectivity index (χ1n) is 6.97. The van der Waals surface area contributed by atoms with Crippen molar-refractivity contribution in [3.05, 3.63) is 42.5 Å². The van der Waals surface area contributed by atoms with E-state index in [9.17, 15) is 13.2 Å². The summed E-state index contributed by atoms with van der Waals surface area (Å²) in [7, 11) is -2.94. The van der Waals surface area contributed by atoms with Crippen LogP contribution in [-0.4, -0.2) is 32.6 Å². The molecular weight excluding hydrogens is 348 g/mol. The summed E-state index contributed by atoms with van der Waals surface area (Å²) in [6.45, 7) is -0.137. The lowest BCUT2D eigenvalue weighted by Gasteiger charge is -2.08. The molecule has 2 aromatic rings. The van der Waals surface area contributed by atoms with Gasteiger partial charge in [-0.2, -0.15) is 13.5 Å². The van der Waals surface area contributed by atoms with Crippen LogP contribution in [0.1, 0.15) is 0 Å². The van der Waals surface area contributed by atoms with Crippen LogP contribution < -0.4 is 11.1 Å². The number of amides is 1. The molecule has 0 aliphatic rings. The number of azo groups is 1. The summed E-state index contributed by atoms with van der Waals surface area (Å²) in [5.74, 6) is -0.391. The molecule has 0 spiro atoms. The highest BCUT2D eigenvalue weighted by Crippen LogP contribution is 2.29. The minimum absolute atomic E-state index is 0.137. The number of nitrogen functional groups attached to an aromatic ring is 1. The number of benzene rings is 2. The molecule has 0 aliphatic heterocycles. The molecular formula is C15H16N4O5S. The van der Waals surface area contributed by atoms with Crippen molar-refractivity contribution >= 4 is 38.8 Å². The largest absolute Gasteiger partial charge is 0.399 e. The van der Waals surface area contributed by atoms with Gasteiger partial charge in [-0.3, -0.25) is 9.35 Å². The van der Waals surface area contributed by atoms with E-state index < -0.39 is 16.0 Å². The number of nitrogens with two attached hydrogens (primary N) is 1. The molecule has 0 saturated heterocycles. The zero-order chi connectivity index (χ0) is 18.4. The van der Waals surface area contributed by atoms with E-state index in [2.05, 4.69) is 15.5 Å². The number of nitrogens with zero attached hydrogens (tertiary/aromatic N) is 2. The molecule has 4 N–H and O–H groups in total. The van der Waals surface area contributed by atoms with Crippen LogP contribution >= 0.6 is 0 Å². The maximum atomic E-state index is 11.7. The van der Waals surface area contributed by atoms with Crippen molar-refractivity contribution in [2.45, 2.75) is 4.90 Å². The Morgan fingerprint density at radius 2 is 2.00 bits per heavy atom. The van der Waals surface area contributed by atoms with Crippen LogP contribution in [0.3, 0.4) is 0 Å². The van der Waals surface area contributed by atoms with E-state index in [1.807, 2.05) is 0 Å². The molecule has 10 heteroatoms. The Morgan fingerprint density at radius 3 is 2.68 bits per heavy atom. The summed E-state index contributed by atoms with van der Waals surface area (Å²) in [5.41, 5.74) is 6.97. The minimum Gasteiger partial charge on any atom is -0.399 e. The highest BCUT2D eigenvalue weighted by Gasteiger charge is 2.10. The Labute approximate surface area is 144 Å². The molecule has 0 unspecified atom stereocenters. The molecule has 0 atom stereocenters. The fraction of sp³-hybridized carbons (Fsp3) is 0.133. The molecule has 2 rings (SSSR count). The first-order valence-corrected chi connectivity index (χ1v) is 8.41. The molecule has 0 radical (unpaired) electrons. The molecule has 9 nitrogen and oxygen atoms in total. The molecule has 0 saturated carbocycles. The van der Waals surface area contributed by atoms with E-state index in [0.717, 1.165) is 0 Å². The lowest BCUT2D eigenvalue weighted by atomic mass is 10.2. The number of anilines is 2. The van der Waals surface area contributed by atoms with Crippen LogP contribution in [0.2, 0.25) is 0 Å². The van der Waals surface area contributed by atoms with Gasteiger partial charge >= 0.3 is 0 Å². The zero-order valence-electron chi connectivity index (χ0n) is 13.2. The minimum atomic E-state index is -4.33. The molecule has 0 aliphatic carbocycles. The highest BCUT2D eigenvalue weighted by molar-refractivity contribution is 7.85.